The van der Waals surface area contributed by atoms with Gasteiger partial charge >= 0.3 is 0 Å². The molecule has 1 aromatic heterocycles. The molecule has 1 saturated heterocycles. The van der Waals surface area contributed by atoms with E-state index in [9.17, 15) is 13.2 Å². The number of amides is 1. The molecule has 0 bridgehead atoms. The van der Waals surface area contributed by atoms with Crippen LogP contribution in [0, 0.1) is 0 Å². The van der Waals surface area contributed by atoms with Crippen molar-refractivity contribution in [2.75, 3.05) is 19.8 Å². The van der Waals surface area contributed by atoms with Crippen LogP contribution in [0.5, 0.6) is 5.75 Å². The molecular formula is C23H31ClN2O6S. The van der Waals surface area contributed by atoms with Gasteiger partial charge in [0.05, 0.1) is 11.5 Å². The molecule has 1 amide bonds. The monoisotopic (exact) mass is 498 g/mol. The minimum Gasteiger partial charge on any atom is -0.494 e. The summed E-state index contributed by atoms with van der Waals surface area (Å²) >= 11 is 0. The fraction of sp³-hybridized carbons (Fsp3) is 0.478. The first-order valence-corrected chi connectivity index (χ1v) is 12.3. The zero-order valence-electron chi connectivity index (χ0n) is 18.7. The van der Waals surface area contributed by atoms with Crippen LogP contribution in [0.25, 0.3) is 0 Å². The number of nitrogens with one attached hydrogen (secondary N) is 1. The lowest BCUT2D eigenvalue weighted by Gasteiger charge is -2.34. The highest BCUT2D eigenvalue weighted by atomic mass is 35.5. The summed E-state index contributed by atoms with van der Waals surface area (Å²) in [4.78, 5) is 16.8. The molecule has 0 unspecified atom stereocenters. The fourth-order valence-corrected chi connectivity index (χ4v) is 5.77. The topological polar surface area (TPSA) is 115 Å². The van der Waals surface area contributed by atoms with Crippen molar-refractivity contribution >= 4 is 28.2 Å². The van der Waals surface area contributed by atoms with Gasteiger partial charge in [0.1, 0.15) is 5.75 Å². The second-order valence-corrected chi connectivity index (χ2v) is 10.1. The van der Waals surface area contributed by atoms with Gasteiger partial charge in [0.15, 0.2) is 14.6 Å². The summed E-state index contributed by atoms with van der Waals surface area (Å²) in [6.07, 6.45) is 5.56. The van der Waals surface area contributed by atoms with Crippen molar-refractivity contribution in [1.29, 1.82) is 0 Å². The van der Waals surface area contributed by atoms with E-state index in [1.807, 2.05) is 6.20 Å². The van der Waals surface area contributed by atoms with Crippen molar-refractivity contribution < 1.29 is 27.9 Å². The molecule has 3 rings (SSSR count). The first kappa shape index (κ1) is 27.0. The zero-order chi connectivity index (χ0) is 23.0. The van der Waals surface area contributed by atoms with Crippen LogP contribution < -0.4 is 10.2 Å². The molecule has 0 aliphatic carbocycles. The lowest BCUT2D eigenvalue weighted by molar-refractivity contribution is -0.134. The van der Waals surface area contributed by atoms with E-state index in [-0.39, 0.29) is 43.4 Å². The molecule has 2 heterocycles. The second-order valence-electron chi connectivity index (χ2n) is 7.88. The quantitative estimate of drug-likeness (QED) is 0.293. The number of benzene rings is 1. The number of aromatic nitrogens is 1. The summed E-state index contributed by atoms with van der Waals surface area (Å²) in [5.41, 5.74) is 3.77. The number of carbonyl (C=O) groups excluding carboxylic acids is 1. The van der Waals surface area contributed by atoms with Crippen LogP contribution in [0.4, 0.5) is 0 Å². The molecule has 2 N–H and O–H groups in total. The van der Waals surface area contributed by atoms with Crippen molar-refractivity contribution in [1.82, 2.24) is 10.5 Å². The molecule has 0 saturated carbocycles. The predicted octanol–water partition coefficient (Wildman–Crippen LogP) is 3.30. The van der Waals surface area contributed by atoms with E-state index >= 15 is 0 Å². The second kappa shape index (κ2) is 12.3. The lowest BCUT2D eigenvalue weighted by atomic mass is 9.98. The molecule has 182 valence electrons. The molecule has 8 nitrogen and oxygen atoms in total. The lowest BCUT2D eigenvalue weighted by Crippen LogP contribution is -2.54. The van der Waals surface area contributed by atoms with Gasteiger partial charge in [0.25, 0.3) is 5.91 Å². The third-order valence-corrected chi connectivity index (χ3v) is 8.25. The Morgan fingerprint density at radius 2 is 1.85 bits per heavy atom. The molecule has 1 aromatic carbocycles. The van der Waals surface area contributed by atoms with Crippen molar-refractivity contribution in [3.05, 3.63) is 53.9 Å². The van der Waals surface area contributed by atoms with Crippen LogP contribution in [0.15, 0.2) is 47.5 Å². The van der Waals surface area contributed by atoms with Gasteiger partial charge in [-0.2, -0.15) is 0 Å². The van der Waals surface area contributed by atoms with E-state index in [0.29, 0.717) is 12.4 Å². The zero-order valence-corrected chi connectivity index (χ0v) is 20.3. The Kier molecular flexibility index (Phi) is 10.1. The SMILES string of the molecule is CCCc1ccc(CCCOc2ccc(S(=O)(=O)C3(C(=O)NO)CCOCC3)cc2)cn1.Cl. The molecule has 1 aliphatic rings. The number of hydrogen-bond acceptors (Lipinski definition) is 7. The van der Waals surface area contributed by atoms with Crippen LogP contribution in [0.3, 0.4) is 0 Å². The summed E-state index contributed by atoms with van der Waals surface area (Å²) in [5, 5.41) is 9.12. The van der Waals surface area contributed by atoms with Crippen LogP contribution in [-0.2, 0) is 32.2 Å². The minimum absolute atomic E-state index is 0. The summed E-state index contributed by atoms with van der Waals surface area (Å²) in [6, 6.07) is 10.2. The Bertz CT molecular complexity index is 991. The highest BCUT2D eigenvalue weighted by Crippen LogP contribution is 2.35. The Balaban J connectivity index is 0.00000385. The van der Waals surface area contributed by atoms with Gasteiger partial charge in [-0.05, 0) is 68.0 Å². The largest absolute Gasteiger partial charge is 0.494 e. The third-order valence-electron chi connectivity index (χ3n) is 5.73. The Morgan fingerprint density at radius 1 is 1.15 bits per heavy atom. The van der Waals surface area contributed by atoms with Gasteiger partial charge < -0.3 is 9.47 Å². The molecule has 0 spiro atoms. The van der Waals surface area contributed by atoms with E-state index < -0.39 is 20.5 Å². The number of ether oxygens (including phenoxy) is 2. The van der Waals surface area contributed by atoms with Gasteiger partial charge in [-0.25, -0.2) is 13.9 Å². The van der Waals surface area contributed by atoms with E-state index in [1.54, 1.807) is 12.1 Å². The van der Waals surface area contributed by atoms with E-state index in [0.717, 1.165) is 36.9 Å². The van der Waals surface area contributed by atoms with Gasteiger partial charge in [-0.15, -0.1) is 12.4 Å². The Morgan fingerprint density at radius 3 is 2.42 bits per heavy atom. The van der Waals surface area contributed by atoms with Crippen molar-refractivity contribution in [2.24, 2.45) is 0 Å². The van der Waals surface area contributed by atoms with Crippen molar-refractivity contribution in [2.45, 2.75) is 55.1 Å². The number of sulfone groups is 1. The van der Waals surface area contributed by atoms with E-state index in [4.69, 9.17) is 14.7 Å². The van der Waals surface area contributed by atoms with Gasteiger partial charge in [-0.1, -0.05) is 19.4 Å². The molecular weight excluding hydrogens is 468 g/mol. The first-order chi connectivity index (χ1) is 15.4. The number of hydrogen-bond donors (Lipinski definition) is 2. The Hall–Kier alpha value is -2.20. The first-order valence-electron chi connectivity index (χ1n) is 10.9. The average molecular weight is 499 g/mol. The maximum absolute atomic E-state index is 13.2. The molecule has 1 fully saturated rings. The molecule has 10 heteroatoms. The van der Waals surface area contributed by atoms with Crippen LogP contribution in [0.2, 0.25) is 0 Å². The number of rotatable bonds is 10. The minimum atomic E-state index is -4.04. The standard InChI is InChI=1S/C23H30N2O6S.ClH/c1-2-4-19-7-6-18(17-24-19)5-3-14-31-20-8-10-21(11-9-20)32(28,29)23(22(26)25-27)12-15-30-16-13-23;/h6-11,17,27H,2-5,12-16H2,1H3,(H,25,26);1H. The van der Waals surface area contributed by atoms with Crippen LogP contribution in [0.1, 0.15) is 43.9 Å². The fourth-order valence-electron chi connectivity index (χ4n) is 3.83. The number of pyridine rings is 1. The summed E-state index contributed by atoms with van der Waals surface area (Å²) in [5.74, 6) is -0.383. The number of hydroxylamine groups is 1. The molecule has 0 radical (unpaired) electrons. The predicted molar refractivity (Wildman–Crippen MR) is 126 cm³/mol. The Labute approximate surface area is 201 Å². The van der Waals surface area contributed by atoms with Gasteiger partial charge in [0, 0.05) is 25.1 Å². The molecule has 2 aromatic rings. The van der Waals surface area contributed by atoms with Crippen LogP contribution >= 0.6 is 12.4 Å². The van der Waals surface area contributed by atoms with Crippen molar-refractivity contribution in [3.8, 4) is 5.75 Å². The third kappa shape index (κ3) is 6.23. The van der Waals surface area contributed by atoms with E-state index in [1.165, 1.54) is 17.6 Å². The summed E-state index contributed by atoms with van der Waals surface area (Å²) in [7, 11) is -4.04. The van der Waals surface area contributed by atoms with Gasteiger partial charge in [-0.3, -0.25) is 15.0 Å². The smallest absolute Gasteiger partial charge is 0.265 e. The normalized spacial score (nSPS) is 15.3. The van der Waals surface area contributed by atoms with E-state index in [2.05, 4.69) is 24.0 Å². The highest BCUT2D eigenvalue weighted by molar-refractivity contribution is 7.93. The van der Waals surface area contributed by atoms with Crippen LogP contribution in [-0.4, -0.2) is 49.1 Å². The maximum atomic E-state index is 13.2. The molecule has 0 atom stereocenters. The summed E-state index contributed by atoms with van der Waals surface area (Å²) in [6.45, 7) is 2.87. The number of halogens is 1. The molecule has 33 heavy (non-hydrogen) atoms. The van der Waals surface area contributed by atoms with Crippen molar-refractivity contribution in [3.63, 3.8) is 0 Å². The average Bonchev–Trinajstić information content (AvgIpc) is 2.83. The maximum Gasteiger partial charge on any atom is 0.265 e. The number of aryl methyl sites for hydroxylation is 2. The number of nitrogens with zero attached hydrogens (tertiary/aromatic N) is 1. The van der Waals surface area contributed by atoms with Gasteiger partial charge in [0.2, 0.25) is 0 Å². The molecule has 1 aliphatic heterocycles. The summed E-state index contributed by atoms with van der Waals surface area (Å²) < 4.78 is 35.7. The number of carbonyl (C=O) groups is 1. The highest BCUT2D eigenvalue weighted by Gasteiger charge is 2.52.